The Morgan fingerprint density at radius 3 is 2.00 bits per heavy atom. The van der Waals surface area contributed by atoms with Gasteiger partial charge in [-0.2, -0.15) is 0 Å². The van der Waals surface area contributed by atoms with Crippen LogP contribution in [0.2, 0.25) is 0 Å². The molecule has 21 heavy (non-hydrogen) atoms. The molecule has 0 bridgehead atoms. The van der Waals surface area contributed by atoms with Crippen LogP contribution in [0.25, 0.3) is 0 Å². The van der Waals surface area contributed by atoms with Crippen LogP contribution in [0.1, 0.15) is 13.3 Å². The Morgan fingerprint density at radius 1 is 1.00 bits per heavy atom. The standard InChI is InChI=1S/C15H24N4O2/c1-12(20)17-13-6-8-14(9-7-13)18-15(21)16-10-5-11-19(2,3)4/h6-9H,5,10-11H2,1-4H3,(H2-,16,17,18,20,21)/p+1. The molecule has 0 aliphatic rings. The number of rotatable bonds is 6. The lowest BCUT2D eigenvalue weighted by atomic mass is 10.3. The van der Waals surface area contributed by atoms with Crippen molar-refractivity contribution in [2.45, 2.75) is 13.3 Å². The van der Waals surface area contributed by atoms with E-state index in [0.717, 1.165) is 17.4 Å². The van der Waals surface area contributed by atoms with E-state index in [1.807, 2.05) is 0 Å². The predicted octanol–water partition coefficient (Wildman–Crippen LogP) is 1.86. The lowest BCUT2D eigenvalue weighted by Gasteiger charge is -2.23. The Labute approximate surface area is 126 Å². The molecule has 0 fully saturated rings. The van der Waals surface area contributed by atoms with Gasteiger partial charge in [-0.3, -0.25) is 4.79 Å². The summed E-state index contributed by atoms with van der Waals surface area (Å²) in [5.74, 6) is -0.120. The quantitative estimate of drug-likeness (QED) is 0.553. The molecule has 1 aromatic rings. The second-order valence-corrected chi connectivity index (χ2v) is 6.01. The lowest BCUT2D eigenvalue weighted by Crippen LogP contribution is -2.38. The zero-order valence-electron chi connectivity index (χ0n) is 13.2. The number of nitrogens with zero attached hydrogens (tertiary/aromatic N) is 1. The van der Waals surface area contributed by atoms with Gasteiger partial charge in [0.15, 0.2) is 0 Å². The fourth-order valence-corrected chi connectivity index (χ4v) is 1.77. The first kappa shape index (κ1) is 17.0. The third-order valence-corrected chi connectivity index (χ3v) is 2.75. The normalized spacial score (nSPS) is 10.9. The van der Waals surface area contributed by atoms with Gasteiger partial charge in [0.25, 0.3) is 0 Å². The van der Waals surface area contributed by atoms with Gasteiger partial charge < -0.3 is 20.4 Å². The number of anilines is 2. The van der Waals surface area contributed by atoms with Crippen molar-refractivity contribution in [3.63, 3.8) is 0 Å². The number of nitrogens with one attached hydrogen (secondary N) is 3. The molecular formula is C15H25N4O2+. The third kappa shape index (κ3) is 7.94. The van der Waals surface area contributed by atoms with E-state index in [-0.39, 0.29) is 11.9 Å². The molecule has 0 aromatic heterocycles. The van der Waals surface area contributed by atoms with Gasteiger partial charge in [0, 0.05) is 31.3 Å². The highest BCUT2D eigenvalue weighted by atomic mass is 16.2. The van der Waals surface area contributed by atoms with Crippen LogP contribution in [-0.4, -0.2) is 50.7 Å². The summed E-state index contributed by atoms with van der Waals surface area (Å²) in [6, 6.07) is 6.76. The van der Waals surface area contributed by atoms with Crippen LogP contribution in [0.15, 0.2) is 24.3 Å². The molecule has 1 aromatic carbocycles. The highest BCUT2D eigenvalue weighted by Gasteiger charge is 2.07. The Balaban J connectivity index is 2.32. The molecular weight excluding hydrogens is 268 g/mol. The molecule has 3 N–H and O–H groups in total. The summed E-state index contributed by atoms with van der Waals surface area (Å²) in [5, 5.41) is 8.25. The molecule has 0 aliphatic heterocycles. The van der Waals surface area contributed by atoms with Crippen molar-refractivity contribution in [1.82, 2.24) is 5.32 Å². The van der Waals surface area contributed by atoms with Crippen molar-refractivity contribution in [3.8, 4) is 0 Å². The van der Waals surface area contributed by atoms with Gasteiger partial charge in [0.05, 0.1) is 27.7 Å². The average molecular weight is 293 g/mol. The number of quaternary nitrogens is 1. The van der Waals surface area contributed by atoms with Crippen LogP contribution < -0.4 is 16.0 Å². The third-order valence-electron chi connectivity index (χ3n) is 2.75. The molecule has 0 atom stereocenters. The number of hydrogen-bond acceptors (Lipinski definition) is 2. The van der Waals surface area contributed by atoms with Gasteiger partial charge in [-0.15, -0.1) is 0 Å². The number of carbonyl (C=O) groups excluding carboxylic acids is 2. The van der Waals surface area contributed by atoms with E-state index >= 15 is 0 Å². The van der Waals surface area contributed by atoms with Crippen molar-refractivity contribution >= 4 is 23.3 Å². The van der Waals surface area contributed by atoms with Crippen molar-refractivity contribution in [2.75, 3.05) is 44.9 Å². The van der Waals surface area contributed by atoms with Crippen LogP contribution in [0, 0.1) is 0 Å². The summed E-state index contributed by atoms with van der Waals surface area (Å²) >= 11 is 0. The van der Waals surface area contributed by atoms with Crippen LogP contribution in [0.5, 0.6) is 0 Å². The van der Waals surface area contributed by atoms with E-state index in [9.17, 15) is 9.59 Å². The Kier molecular flexibility index (Phi) is 6.17. The van der Waals surface area contributed by atoms with Crippen LogP contribution >= 0.6 is 0 Å². The highest BCUT2D eigenvalue weighted by molar-refractivity contribution is 5.91. The first-order chi connectivity index (χ1) is 9.76. The molecule has 6 heteroatoms. The second kappa shape index (κ2) is 7.64. The molecule has 0 saturated carbocycles. The first-order valence-corrected chi connectivity index (χ1v) is 6.99. The number of amides is 3. The monoisotopic (exact) mass is 293 g/mol. The van der Waals surface area contributed by atoms with E-state index in [1.54, 1.807) is 24.3 Å². The van der Waals surface area contributed by atoms with E-state index in [2.05, 4.69) is 37.1 Å². The molecule has 6 nitrogen and oxygen atoms in total. The van der Waals surface area contributed by atoms with E-state index in [1.165, 1.54) is 6.92 Å². The minimum absolute atomic E-state index is 0.120. The number of hydrogen-bond donors (Lipinski definition) is 3. The molecule has 116 valence electrons. The average Bonchev–Trinajstić information content (AvgIpc) is 2.35. The second-order valence-electron chi connectivity index (χ2n) is 6.01. The van der Waals surface area contributed by atoms with Gasteiger partial charge in [-0.05, 0) is 24.3 Å². The van der Waals surface area contributed by atoms with Crippen LogP contribution in [0.4, 0.5) is 16.2 Å². The summed E-state index contributed by atoms with van der Waals surface area (Å²) < 4.78 is 0.883. The maximum absolute atomic E-state index is 11.7. The Bertz CT molecular complexity index is 477. The zero-order valence-corrected chi connectivity index (χ0v) is 13.2. The summed E-state index contributed by atoms with van der Waals surface area (Å²) in [4.78, 5) is 22.6. The molecule has 3 amide bonds. The molecule has 0 heterocycles. The Hall–Kier alpha value is -2.08. The van der Waals surface area contributed by atoms with Gasteiger partial charge >= 0.3 is 6.03 Å². The van der Waals surface area contributed by atoms with Crippen molar-refractivity contribution in [2.24, 2.45) is 0 Å². The number of benzene rings is 1. The zero-order chi connectivity index (χ0) is 15.9. The van der Waals surface area contributed by atoms with Crippen molar-refractivity contribution in [1.29, 1.82) is 0 Å². The lowest BCUT2D eigenvalue weighted by molar-refractivity contribution is -0.870. The largest absolute Gasteiger partial charge is 0.338 e. The smallest absolute Gasteiger partial charge is 0.319 e. The van der Waals surface area contributed by atoms with E-state index in [0.29, 0.717) is 17.9 Å². The molecule has 0 radical (unpaired) electrons. The topological polar surface area (TPSA) is 70.2 Å². The van der Waals surface area contributed by atoms with Crippen LogP contribution in [-0.2, 0) is 4.79 Å². The molecule has 0 unspecified atom stereocenters. The minimum Gasteiger partial charge on any atom is -0.338 e. The fraction of sp³-hybridized carbons (Fsp3) is 0.467. The maximum atomic E-state index is 11.7. The summed E-state index contributed by atoms with van der Waals surface area (Å²) in [7, 11) is 6.37. The SMILES string of the molecule is CC(=O)Nc1ccc(NC(=O)NCCC[N+](C)(C)C)cc1. The molecule has 0 spiro atoms. The van der Waals surface area contributed by atoms with E-state index in [4.69, 9.17) is 0 Å². The minimum atomic E-state index is -0.219. The van der Waals surface area contributed by atoms with Gasteiger partial charge in [-0.1, -0.05) is 0 Å². The predicted molar refractivity (Wildman–Crippen MR) is 85.3 cm³/mol. The highest BCUT2D eigenvalue weighted by Crippen LogP contribution is 2.13. The molecule has 0 aliphatic carbocycles. The van der Waals surface area contributed by atoms with Gasteiger partial charge in [0.2, 0.25) is 5.91 Å². The summed E-state index contributed by atoms with van der Waals surface area (Å²) in [5.41, 5.74) is 1.39. The Morgan fingerprint density at radius 2 is 1.52 bits per heavy atom. The van der Waals surface area contributed by atoms with Crippen molar-refractivity contribution < 1.29 is 14.1 Å². The van der Waals surface area contributed by atoms with Crippen LogP contribution in [0.3, 0.4) is 0 Å². The molecule has 1 rings (SSSR count). The van der Waals surface area contributed by atoms with Gasteiger partial charge in [0.1, 0.15) is 0 Å². The maximum Gasteiger partial charge on any atom is 0.319 e. The number of urea groups is 1. The van der Waals surface area contributed by atoms with E-state index < -0.39 is 0 Å². The summed E-state index contributed by atoms with van der Waals surface area (Å²) in [6.07, 6.45) is 0.929. The van der Waals surface area contributed by atoms with Gasteiger partial charge in [-0.25, -0.2) is 4.79 Å². The van der Waals surface area contributed by atoms with Crippen molar-refractivity contribution in [3.05, 3.63) is 24.3 Å². The molecule has 0 saturated heterocycles. The summed E-state index contributed by atoms with van der Waals surface area (Å²) in [6.45, 7) is 3.10. The number of carbonyl (C=O) groups is 2. The fourth-order valence-electron chi connectivity index (χ4n) is 1.77. The first-order valence-electron chi connectivity index (χ1n) is 6.99.